The molecule has 0 radical (unpaired) electrons. The van der Waals surface area contributed by atoms with Gasteiger partial charge in [0.2, 0.25) is 0 Å². The molecule has 0 bridgehead atoms. The highest BCUT2D eigenvalue weighted by Crippen LogP contribution is 2.23. The highest BCUT2D eigenvalue weighted by molar-refractivity contribution is 5.88. The van der Waals surface area contributed by atoms with Gasteiger partial charge in [-0.1, -0.05) is 25.9 Å². The molecule has 0 unspecified atom stereocenters. The molecule has 2 heterocycles. The van der Waals surface area contributed by atoms with E-state index in [1.165, 1.54) is 6.07 Å². The number of aromatic carboxylic acids is 1. The number of carbonyl (C=O) groups is 1. The molecule has 6 nitrogen and oxygen atoms in total. The van der Waals surface area contributed by atoms with Crippen molar-refractivity contribution in [2.45, 2.75) is 39.7 Å². The lowest BCUT2D eigenvalue weighted by Gasteiger charge is -2.19. The van der Waals surface area contributed by atoms with E-state index in [4.69, 9.17) is 4.52 Å². The van der Waals surface area contributed by atoms with Crippen LogP contribution in [0.1, 0.15) is 48.3 Å². The van der Waals surface area contributed by atoms with Crippen molar-refractivity contribution in [3.05, 3.63) is 40.9 Å². The molecule has 2 rings (SSSR count). The van der Waals surface area contributed by atoms with Crippen LogP contribution in [-0.4, -0.2) is 21.2 Å². The van der Waals surface area contributed by atoms with E-state index < -0.39 is 5.97 Å². The number of aryl methyl sites for hydroxylation is 1. The zero-order valence-corrected chi connectivity index (χ0v) is 12.6. The maximum Gasteiger partial charge on any atom is 0.335 e. The fourth-order valence-corrected chi connectivity index (χ4v) is 1.81. The Hall–Kier alpha value is -2.37. The van der Waals surface area contributed by atoms with Gasteiger partial charge < -0.3 is 14.9 Å². The molecule has 0 fully saturated rings. The van der Waals surface area contributed by atoms with E-state index >= 15 is 0 Å². The van der Waals surface area contributed by atoms with Crippen LogP contribution in [0.5, 0.6) is 0 Å². The predicted molar refractivity (Wildman–Crippen MR) is 78.5 cm³/mol. The monoisotopic (exact) mass is 289 g/mol. The van der Waals surface area contributed by atoms with Gasteiger partial charge in [-0.3, -0.25) is 0 Å². The SMILES string of the molecule is Cc1cc(CNc2cc(C(=O)O)cc(C(C)(C)C)n2)no1. The first-order valence-electron chi connectivity index (χ1n) is 6.67. The molecule has 6 heteroatoms. The summed E-state index contributed by atoms with van der Waals surface area (Å²) in [5, 5.41) is 16.2. The Kier molecular flexibility index (Phi) is 3.97. The molecular formula is C15H19N3O3. The lowest BCUT2D eigenvalue weighted by Crippen LogP contribution is -2.16. The Bertz CT molecular complexity index is 656. The van der Waals surface area contributed by atoms with Gasteiger partial charge in [0.05, 0.1) is 12.1 Å². The third kappa shape index (κ3) is 3.81. The first-order valence-corrected chi connectivity index (χ1v) is 6.67. The summed E-state index contributed by atoms with van der Waals surface area (Å²) >= 11 is 0. The number of pyridine rings is 1. The fourth-order valence-electron chi connectivity index (χ4n) is 1.81. The maximum atomic E-state index is 11.2. The van der Waals surface area contributed by atoms with Gasteiger partial charge in [0.1, 0.15) is 17.3 Å². The normalized spacial score (nSPS) is 11.4. The number of nitrogens with one attached hydrogen (secondary N) is 1. The predicted octanol–water partition coefficient (Wildman–Crippen LogP) is 2.99. The van der Waals surface area contributed by atoms with Crippen molar-refractivity contribution >= 4 is 11.8 Å². The molecule has 0 aliphatic carbocycles. The zero-order chi connectivity index (χ0) is 15.6. The van der Waals surface area contributed by atoms with Crippen LogP contribution in [0.2, 0.25) is 0 Å². The van der Waals surface area contributed by atoms with Gasteiger partial charge in [-0.15, -0.1) is 0 Å². The van der Waals surface area contributed by atoms with Gasteiger partial charge in [0, 0.05) is 17.2 Å². The molecule has 112 valence electrons. The van der Waals surface area contributed by atoms with E-state index in [1.54, 1.807) is 6.07 Å². The lowest BCUT2D eigenvalue weighted by atomic mass is 9.91. The van der Waals surface area contributed by atoms with E-state index in [0.29, 0.717) is 12.4 Å². The Balaban J connectivity index is 2.25. The average molecular weight is 289 g/mol. The van der Waals surface area contributed by atoms with Gasteiger partial charge in [-0.25, -0.2) is 9.78 Å². The summed E-state index contributed by atoms with van der Waals surface area (Å²) in [6.45, 7) is 8.22. The minimum Gasteiger partial charge on any atom is -0.478 e. The molecule has 0 amide bonds. The molecule has 2 aromatic heterocycles. The third-order valence-electron chi connectivity index (χ3n) is 2.97. The summed E-state index contributed by atoms with van der Waals surface area (Å²) in [6, 6.07) is 4.94. The van der Waals surface area contributed by atoms with Crippen molar-refractivity contribution in [3.63, 3.8) is 0 Å². The second-order valence-corrected chi connectivity index (χ2v) is 5.96. The van der Waals surface area contributed by atoms with E-state index in [2.05, 4.69) is 15.5 Å². The van der Waals surface area contributed by atoms with Crippen LogP contribution in [0.4, 0.5) is 5.82 Å². The molecular weight excluding hydrogens is 270 g/mol. The van der Waals surface area contributed by atoms with Crippen molar-refractivity contribution < 1.29 is 14.4 Å². The lowest BCUT2D eigenvalue weighted by molar-refractivity contribution is 0.0696. The highest BCUT2D eigenvalue weighted by Gasteiger charge is 2.19. The first-order chi connectivity index (χ1) is 9.75. The summed E-state index contributed by atoms with van der Waals surface area (Å²) in [7, 11) is 0. The highest BCUT2D eigenvalue weighted by atomic mass is 16.5. The van der Waals surface area contributed by atoms with Crippen molar-refractivity contribution in [1.29, 1.82) is 0 Å². The number of hydrogen-bond acceptors (Lipinski definition) is 5. The van der Waals surface area contributed by atoms with Crippen LogP contribution in [-0.2, 0) is 12.0 Å². The second kappa shape index (κ2) is 5.55. The minimum atomic E-state index is -0.969. The van der Waals surface area contributed by atoms with Crippen LogP contribution in [0.25, 0.3) is 0 Å². The summed E-state index contributed by atoms with van der Waals surface area (Å²) in [5.41, 5.74) is 1.45. The molecule has 0 saturated heterocycles. The van der Waals surface area contributed by atoms with Crippen molar-refractivity contribution in [3.8, 4) is 0 Å². The average Bonchev–Trinajstić information content (AvgIpc) is 2.81. The van der Waals surface area contributed by atoms with Gasteiger partial charge in [-0.05, 0) is 19.1 Å². The molecule has 0 aliphatic rings. The molecule has 0 saturated carbocycles. The van der Waals surface area contributed by atoms with Crippen LogP contribution < -0.4 is 5.32 Å². The summed E-state index contributed by atoms with van der Waals surface area (Å²) in [6.07, 6.45) is 0. The molecule has 0 aliphatic heterocycles. The fraction of sp³-hybridized carbons (Fsp3) is 0.400. The van der Waals surface area contributed by atoms with Crippen molar-refractivity contribution in [2.24, 2.45) is 0 Å². The second-order valence-electron chi connectivity index (χ2n) is 5.96. The number of carboxylic acid groups (broad SMARTS) is 1. The van der Waals surface area contributed by atoms with Crippen LogP contribution in [0, 0.1) is 6.92 Å². The zero-order valence-electron chi connectivity index (χ0n) is 12.6. The minimum absolute atomic E-state index is 0.216. The van der Waals surface area contributed by atoms with Gasteiger partial charge >= 0.3 is 5.97 Å². The van der Waals surface area contributed by atoms with E-state index in [-0.39, 0.29) is 11.0 Å². The number of hydrogen-bond donors (Lipinski definition) is 2. The van der Waals surface area contributed by atoms with Gasteiger partial charge in [-0.2, -0.15) is 0 Å². The number of aromatic nitrogens is 2. The smallest absolute Gasteiger partial charge is 0.335 e. The Labute approximate surface area is 123 Å². The van der Waals surface area contributed by atoms with E-state index in [9.17, 15) is 9.90 Å². The van der Waals surface area contributed by atoms with E-state index in [1.807, 2.05) is 33.8 Å². The molecule has 0 spiro atoms. The number of rotatable bonds is 4. The Morgan fingerprint density at radius 2 is 2.05 bits per heavy atom. The molecule has 0 atom stereocenters. The number of anilines is 1. The van der Waals surface area contributed by atoms with Crippen molar-refractivity contribution in [1.82, 2.24) is 10.1 Å². The van der Waals surface area contributed by atoms with Gasteiger partial charge in [0.15, 0.2) is 0 Å². The van der Waals surface area contributed by atoms with Crippen LogP contribution >= 0.6 is 0 Å². The maximum absolute atomic E-state index is 11.2. The Morgan fingerprint density at radius 1 is 1.33 bits per heavy atom. The first kappa shape index (κ1) is 15.0. The van der Waals surface area contributed by atoms with Crippen molar-refractivity contribution in [2.75, 3.05) is 5.32 Å². The standard InChI is InChI=1S/C15H19N3O3/c1-9-5-11(18-21-9)8-16-13-7-10(14(19)20)6-12(17-13)15(2,3)4/h5-7H,8H2,1-4H3,(H,16,17)(H,19,20). The molecule has 2 aromatic rings. The number of carboxylic acids is 1. The quantitative estimate of drug-likeness (QED) is 0.899. The van der Waals surface area contributed by atoms with Crippen LogP contribution in [0.15, 0.2) is 22.7 Å². The largest absolute Gasteiger partial charge is 0.478 e. The van der Waals surface area contributed by atoms with Gasteiger partial charge in [0.25, 0.3) is 0 Å². The molecule has 2 N–H and O–H groups in total. The summed E-state index contributed by atoms with van der Waals surface area (Å²) in [4.78, 5) is 15.7. The molecule has 0 aromatic carbocycles. The topological polar surface area (TPSA) is 88.2 Å². The third-order valence-corrected chi connectivity index (χ3v) is 2.97. The van der Waals surface area contributed by atoms with E-state index in [0.717, 1.165) is 17.1 Å². The molecule has 21 heavy (non-hydrogen) atoms. The van der Waals surface area contributed by atoms with Crippen LogP contribution in [0.3, 0.4) is 0 Å². The summed E-state index contributed by atoms with van der Waals surface area (Å²) < 4.78 is 4.99. The number of nitrogens with zero attached hydrogens (tertiary/aromatic N) is 2. The summed E-state index contributed by atoms with van der Waals surface area (Å²) in [5.74, 6) is 0.276. The Morgan fingerprint density at radius 3 is 2.57 bits per heavy atom.